The van der Waals surface area contributed by atoms with Crippen molar-refractivity contribution in [2.45, 2.75) is 36.4 Å². The molecule has 21 heavy (non-hydrogen) atoms. The second-order valence-electron chi connectivity index (χ2n) is 5.02. The minimum atomic E-state index is -4.56. The number of sulfonamides is 1. The molecule has 8 heteroatoms. The average Bonchev–Trinajstić information content (AvgIpc) is 2.66. The Morgan fingerprint density at radius 2 is 1.95 bits per heavy atom. The zero-order chi connectivity index (χ0) is 15.5. The topological polar surface area (TPSA) is 58.2 Å². The van der Waals surface area contributed by atoms with Crippen LogP contribution in [0.4, 0.5) is 13.2 Å². The molecule has 2 rings (SSSR count). The van der Waals surface area contributed by atoms with Gasteiger partial charge in [-0.25, -0.2) is 13.1 Å². The molecule has 0 spiro atoms. The minimum Gasteiger partial charge on any atom is -0.317 e. The molecule has 1 aromatic carbocycles. The molecule has 118 valence electrons. The summed E-state index contributed by atoms with van der Waals surface area (Å²) in [5, 5.41) is 3.15. The lowest BCUT2D eigenvalue weighted by atomic mass is 10.1. The normalized spacial score (nSPS) is 21.0. The van der Waals surface area contributed by atoms with E-state index in [2.05, 4.69) is 10.0 Å². The van der Waals surface area contributed by atoms with Crippen LogP contribution in [0.15, 0.2) is 29.2 Å². The fraction of sp³-hybridized carbons (Fsp3) is 0.538. The molecule has 1 saturated heterocycles. The summed E-state index contributed by atoms with van der Waals surface area (Å²) in [7, 11) is -3.94. The van der Waals surface area contributed by atoms with Gasteiger partial charge < -0.3 is 5.32 Å². The van der Waals surface area contributed by atoms with Crippen LogP contribution in [0.5, 0.6) is 0 Å². The van der Waals surface area contributed by atoms with Gasteiger partial charge in [-0.1, -0.05) is 6.07 Å². The molecule has 1 atom stereocenters. The molecular formula is C13H17F3N2O2S. The van der Waals surface area contributed by atoms with Crippen LogP contribution in [0.25, 0.3) is 0 Å². The van der Waals surface area contributed by atoms with Crippen molar-refractivity contribution in [1.82, 2.24) is 10.0 Å². The van der Waals surface area contributed by atoms with Gasteiger partial charge in [0.1, 0.15) is 0 Å². The maximum absolute atomic E-state index is 12.6. The fourth-order valence-corrected chi connectivity index (χ4v) is 3.61. The predicted octanol–water partition coefficient (Wildman–Crippen LogP) is 2.13. The van der Waals surface area contributed by atoms with Crippen molar-refractivity contribution in [2.75, 3.05) is 13.1 Å². The largest absolute Gasteiger partial charge is 0.416 e. The van der Waals surface area contributed by atoms with Gasteiger partial charge in [-0.2, -0.15) is 13.2 Å². The molecule has 1 aliphatic rings. The Hall–Kier alpha value is -1.12. The summed E-state index contributed by atoms with van der Waals surface area (Å²) in [6.45, 7) is 1.51. The Morgan fingerprint density at radius 3 is 2.67 bits per heavy atom. The molecule has 1 unspecified atom stereocenters. The highest BCUT2D eigenvalue weighted by atomic mass is 32.2. The number of rotatable bonds is 3. The van der Waals surface area contributed by atoms with E-state index in [9.17, 15) is 21.6 Å². The van der Waals surface area contributed by atoms with Gasteiger partial charge in [0.15, 0.2) is 0 Å². The zero-order valence-corrected chi connectivity index (χ0v) is 12.1. The van der Waals surface area contributed by atoms with Gasteiger partial charge in [-0.05, 0) is 50.6 Å². The van der Waals surface area contributed by atoms with E-state index in [1.807, 2.05) is 0 Å². The molecule has 1 fully saturated rings. The summed E-state index contributed by atoms with van der Waals surface area (Å²) in [5.41, 5.74) is -0.965. The standard InChI is InChI=1S/C13H17F3N2O2S/c14-13(15,16)10-3-1-5-12(9-10)21(19,20)18-11-4-2-7-17-8-6-11/h1,3,5,9,11,17-18H,2,4,6-8H2. The number of nitrogens with one attached hydrogen (secondary N) is 2. The third kappa shape index (κ3) is 4.42. The van der Waals surface area contributed by atoms with Crippen LogP contribution in [0.2, 0.25) is 0 Å². The molecule has 0 aliphatic carbocycles. The molecule has 0 saturated carbocycles. The van der Waals surface area contributed by atoms with Crippen LogP contribution in [0.1, 0.15) is 24.8 Å². The minimum absolute atomic E-state index is 0.250. The number of halogens is 3. The molecule has 0 radical (unpaired) electrons. The van der Waals surface area contributed by atoms with Gasteiger partial charge in [-0.3, -0.25) is 0 Å². The Labute approximate surface area is 121 Å². The fourth-order valence-electron chi connectivity index (χ4n) is 2.26. The Morgan fingerprint density at radius 1 is 1.19 bits per heavy atom. The Bertz CT molecular complexity index is 579. The van der Waals surface area contributed by atoms with E-state index in [1.165, 1.54) is 6.07 Å². The van der Waals surface area contributed by atoms with E-state index >= 15 is 0 Å². The van der Waals surface area contributed by atoms with Crippen LogP contribution >= 0.6 is 0 Å². The van der Waals surface area contributed by atoms with Gasteiger partial charge in [0.25, 0.3) is 0 Å². The van der Waals surface area contributed by atoms with E-state index in [-0.39, 0.29) is 10.9 Å². The number of hydrogen-bond acceptors (Lipinski definition) is 3. The molecule has 4 nitrogen and oxygen atoms in total. The third-order valence-corrected chi connectivity index (χ3v) is 4.89. The summed E-state index contributed by atoms with van der Waals surface area (Å²) in [4.78, 5) is -0.352. The Kier molecular flexibility index (Phi) is 4.90. The second-order valence-corrected chi connectivity index (χ2v) is 6.74. The predicted molar refractivity (Wildman–Crippen MR) is 72.3 cm³/mol. The van der Waals surface area contributed by atoms with Crippen LogP contribution < -0.4 is 10.0 Å². The smallest absolute Gasteiger partial charge is 0.317 e. The highest BCUT2D eigenvalue weighted by Crippen LogP contribution is 2.30. The van der Waals surface area contributed by atoms with E-state index < -0.39 is 21.8 Å². The summed E-state index contributed by atoms with van der Waals surface area (Å²) in [6, 6.07) is 3.55. The molecule has 2 N–H and O–H groups in total. The first-order valence-corrected chi connectivity index (χ1v) is 8.18. The summed E-state index contributed by atoms with van der Waals surface area (Å²) >= 11 is 0. The van der Waals surface area contributed by atoms with Gasteiger partial charge in [0.2, 0.25) is 10.0 Å². The molecule has 0 aromatic heterocycles. The van der Waals surface area contributed by atoms with Gasteiger partial charge in [0.05, 0.1) is 10.5 Å². The van der Waals surface area contributed by atoms with Crippen molar-refractivity contribution in [3.8, 4) is 0 Å². The first-order valence-electron chi connectivity index (χ1n) is 6.69. The van der Waals surface area contributed by atoms with Gasteiger partial charge in [0, 0.05) is 6.04 Å². The Balaban J connectivity index is 2.19. The van der Waals surface area contributed by atoms with Crippen LogP contribution in [-0.4, -0.2) is 27.5 Å². The first kappa shape index (κ1) is 16.3. The van der Waals surface area contributed by atoms with E-state index in [4.69, 9.17) is 0 Å². The molecule has 1 aliphatic heterocycles. The van der Waals surface area contributed by atoms with Crippen molar-refractivity contribution < 1.29 is 21.6 Å². The lowest BCUT2D eigenvalue weighted by Crippen LogP contribution is -2.35. The van der Waals surface area contributed by atoms with Crippen molar-refractivity contribution >= 4 is 10.0 Å². The molecule has 1 aromatic rings. The summed E-state index contributed by atoms with van der Waals surface area (Å²) in [6.07, 6.45) is -2.43. The monoisotopic (exact) mass is 322 g/mol. The maximum atomic E-state index is 12.6. The van der Waals surface area contributed by atoms with Gasteiger partial charge in [-0.15, -0.1) is 0 Å². The van der Waals surface area contributed by atoms with Crippen LogP contribution in [0, 0.1) is 0 Å². The highest BCUT2D eigenvalue weighted by molar-refractivity contribution is 7.89. The van der Waals surface area contributed by atoms with E-state index in [0.717, 1.165) is 25.1 Å². The lowest BCUT2D eigenvalue weighted by molar-refractivity contribution is -0.137. The van der Waals surface area contributed by atoms with Crippen molar-refractivity contribution in [1.29, 1.82) is 0 Å². The van der Waals surface area contributed by atoms with Crippen molar-refractivity contribution in [3.63, 3.8) is 0 Å². The second kappa shape index (κ2) is 6.33. The third-order valence-electron chi connectivity index (χ3n) is 3.37. The quantitative estimate of drug-likeness (QED) is 0.896. The van der Waals surface area contributed by atoms with Gasteiger partial charge >= 0.3 is 6.18 Å². The molecular weight excluding hydrogens is 305 g/mol. The molecule has 0 amide bonds. The average molecular weight is 322 g/mol. The van der Waals surface area contributed by atoms with E-state index in [0.29, 0.717) is 25.5 Å². The van der Waals surface area contributed by atoms with E-state index in [1.54, 1.807) is 0 Å². The summed E-state index contributed by atoms with van der Waals surface area (Å²) in [5.74, 6) is 0. The number of alkyl halides is 3. The van der Waals surface area contributed by atoms with Crippen molar-refractivity contribution in [2.24, 2.45) is 0 Å². The van der Waals surface area contributed by atoms with Crippen LogP contribution in [-0.2, 0) is 16.2 Å². The SMILES string of the molecule is O=S(=O)(NC1CCCNCC1)c1cccc(C(F)(F)F)c1. The maximum Gasteiger partial charge on any atom is 0.416 e. The van der Waals surface area contributed by atoms with Crippen molar-refractivity contribution in [3.05, 3.63) is 29.8 Å². The molecule has 1 heterocycles. The van der Waals surface area contributed by atoms with Crippen LogP contribution in [0.3, 0.4) is 0 Å². The lowest BCUT2D eigenvalue weighted by Gasteiger charge is -2.16. The summed E-state index contributed by atoms with van der Waals surface area (Å²) < 4.78 is 64.8. The highest BCUT2D eigenvalue weighted by Gasteiger charge is 2.32. The zero-order valence-electron chi connectivity index (χ0n) is 11.3. The number of benzene rings is 1. The number of hydrogen-bond donors (Lipinski definition) is 2. The molecule has 0 bridgehead atoms. The first-order chi connectivity index (χ1) is 9.79.